The molecule has 0 aliphatic heterocycles. The van der Waals surface area contributed by atoms with Gasteiger partial charge in [0.15, 0.2) is 0 Å². The van der Waals surface area contributed by atoms with Gasteiger partial charge in [-0.25, -0.2) is 0 Å². The first-order chi connectivity index (χ1) is 11.2. The van der Waals surface area contributed by atoms with Crippen LogP contribution in [0.2, 0.25) is 0 Å². The lowest BCUT2D eigenvalue weighted by Crippen LogP contribution is -2.30. The normalized spacial score (nSPS) is 10.8. The quantitative estimate of drug-likeness (QED) is 0.709. The smallest absolute Gasteiger partial charge is 0.253 e. The molecule has 3 aromatic rings. The Hall–Kier alpha value is -2.59. The number of hydrogen-bond donors (Lipinski definition) is 1. The molecule has 0 fully saturated rings. The summed E-state index contributed by atoms with van der Waals surface area (Å²) >= 11 is 0. The van der Waals surface area contributed by atoms with Gasteiger partial charge in [0.1, 0.15) is 0 Å². The second-order valence-electron chi connectivity index (χ2n) is 5.54. The van der Waals surface area contributed by atoms with Crippen LogP contribution in [-0.2, 0) is 11.3 Å². The molecule has 1 N–H and O–H groups in total. The van der Waals surface area contributed by atoms with Crippen molar-refractivity contribution in [3.8, 4) is 0 Å². The van der Waals surface area contributed by atoms with Crippen molar-refractivity contribution in [2.24, 2.45) is 0 Å². The van der Waals surface area contributed by atoms with Crippen LogP contribution in [0.4, 0.5) is 0 Å². The zero-order valence-electron chi connectivity index (χ0n) is 13.2. The molecule has 1 amide bonds. The Kier molecular flexibility index (Phi) is 4.74. The maximum atomic E-state index is 12.4. The van der Waals surface area contributed by atoms with Crippen LogP contribution in [0.15, 0.2) is 60.8 Å². The molecule has 0 saturated heterocycles. The summed E-state index contributed by atoms with van der Waals surface area (Å²) in [6.07, 6.45) is 1.88. The van der Waals surface area contributed by atoms with Gasteiger partial charge in [0.25, 0.3) is 5.91 Å². The van der Waals surface area contributed by atoms with Gasteiger partial charge in [-0.3, -0.25) is 4.79 Å². The van der Waals surface area contributed by atoms with E-state index in [1.807, 2.05) is 60.8 Å². The minimum atomic E-state index is 0.00445. The van der Waals surface area contributed by atoms with Crippen molar-refractivity contribution in [2.45, 2.75) is 6.61 Å². The number of rotatable bonds is 6. The van der Waals surface area contributed by atoms with Crippen LogP contribution >= 0.6 is 0 Å². The Morgan fingerprint density at radius 2 is 1.96 bits per heavy atom. The van der Waals surface area contributed by atoms with Crippen LogP contribution < -0.4 is 0 Å². The van der Waals surface area contributed by atoms with E-state index in [0.29, 0.717) is 25.3 Å². The average Bonchev–Trinajstić information content (AvgIpc) is 3.06. The summed E-state index contributed by atoms with van der Waals surface area (Å²) in [5.41, 5.74) is 2.80. The van der Waals surface area contributed by atoms with Crippen molar-refractivity contribution in [1.29, 1.82) is 0 Å². The van der Waals surface area contributed by atoms with Crippen LogP contribution in [0, 0.1) is 0 Å². The Morgan fingerprint density at radius 1 is 1.13 bits per heavy atom. The summed E-state index contributed by atoms with van der Waals surface area (Å²) in [6.45, 7) is 1.65. The molecule has 0 aliphatic carbocycles. The van der Waals surface area contributed by atoms with Crippen LogP contribution in [0.1, 0.15) is 15.9 Å². The van der Waals surface area contributed by atoms with Gasteiger partial charge in [-0.2, -0.15) is 0 Å². The number of ether oxygens (including phenoxy) is 1. The number of likely N-dealkylation sites (N-methyl/N-ethyl adjacent to an activating group) is 1. The molecule has 1 aromatic heterocycles. The zero-order chi connectivity index (χ0) is 16.1. The van der Waals surface area contributed by atoms with Crippen molar-refractivity contribution >= 4 is 16.8 Å². The molecule has 0 unspecified atom stereocenters. The Morgan fingerprint density at radius 3 is 2.78 bits per heavy atom. The molecule has 4 nitrogen and oxygen atoms in total. The summed E-state index contributed by atoms with van der Waals surface area (Å²) in [5.74, 6) is 0.00445. The molecule has 0 spiro atoms. The largest absolute Gasteiger partial charge is 0.375 e. The highest BCUT2D eigenvalue weighted by atomic mass is 16.5. The monoisotopic (exact) mass is 308 g/mol. The summed E-state index contributed by atoms with van der Waals surface area (Å²) < 4.78 is 5.63. The molecule has 23 heavy (non-hydrogen) atoms. The Bertz CT molecular complexity index is 780. The highest BCUT2D eigenvalue weighted by Gasteiger charge is 2.12. The van der Waals surface area contributed by atoms with Crippen LogP contribution in [0.3, 0.4) is 0 Å². The second kappa shape index (κ2) is 7.11. The molecule has 3 rings (SSSR count). The summed E-state index contributed by atoms with van der Waals surface area (Å²) in [7, 11) is 1.80. The van der Waals surface area contributed by atoms with Crippen molar-refractivity contribution in [3.05, 3.63) is 71.9 Å². The third kappa shape index (κ3) is 3.79. The minimum Gasteiger partial charge on any atom is -0.375 e. The number of hydrogen-bond acceptors (Lipinski definition) is 2. The lowest BCUT2D eigenvalue weighted by Gasteiger charge is -2.17. The highest BCUT2D eigenvalue weighted by Crippen LogP contribution is 2.15. The number of benzene rings is 2. The number of nitrogens with zero attached hydrogens (tertiary/aromatic N) is 1. The summed E-state index contributed by atoms with van der Waals surface area (Å²) in [4.78, 5) is 17.2. The van der Waals surface area contributed by atoms with E-state index in [2.05, 4.69) is 4.98 Å². The lowest BCUT2D eigenvalue weighted by atomic mass is 10.1. The number of carbonyl (C=O) groups excluding carboxylic acids is 1. The maximum Gasteiger partial charge on any atom is 0.253 e. The molecular formula is C19H20N2O2. The van der Waals surface area contributed by atoms with E-state index in [-0.39, 0.29) is 5.91 Å². The van der Waals surface area contributed by atoms with Gasteiger partial charge in [0, 0.05) is 30.9 Å². The minimum absolute atomic E-state index is 0.00445. The third-order valence-electron chi connectivity index (χ3n) is 3.83. The molecule has 118 valence electrons. The number of aromatic amines is 1. The maximum absolute atomic E-state index is 12.4. The van der Waals surface area contributed by atoms with E-state index < -0.39 is 0 Å². The number of amides is 1. The average molecular weight is 308 g/mol. The molecular weight excluding hydrogens is 288 g/mol. The molecule has 1 heterocycles. The molecule has 0 bridgehead atoms. The zero-order valence-corrected chi connectivity index (χ0v) is 13.2. The van der Waals surface area contributed by atoms with Crippen molar-refractivity contribution in [1.82, 2.24) is 9.88 Å². The topological polar surface area (TPSA) is 45.3 Å². The fraction of sp³-hybridized carbons (Fsp3) is 0.211. The number of carbonyl (C=O) groups is 1. The first-order valence-electron chi connectivity index (χ1n) is 7.68. The van der Waals surface area contributed by atoms with Gasteiger partial charge in [0.2, 0.25) is 0 Å². The van der Waals surface area contributed by atoms with Crippen LogP contribution in [-0.4, -0.2) is 36.0 Å². The van der Waals surface area contributed by atoms with Crippen molar-refractivity contribution in [2.75, 3.05) is 20.2 Å². The number of H-pyrrole nitrogens is 1. The van der Waals surface area contributed by atoms with Crippen molar-refractivity contribution in [3.63, 3.8) is 0 Å². The van der Waals surface area contributed by atoms with Crippen LogP contribution in [0.5, 0.6) is 0 Å². The fourth-order valence-electron chi connectivity index (χ4n) is 2.47. The van der Waals surface area contributed by atoms with Gasteiger partial charge in [-0.1, -0.05) is 36.4 Å². The summed E-state index contributed by atoms with van der Waals surface area (Å²) in [5, 5.41) is 1.11. The highest BCUT2D eigenvalue weighted by molar-refractivity contribution is 5.97. The van der Waals surface area contributed by atoms with Gasteiger partial charge in [-0.05, 0) is 29.1 Å². The Labute approximate surface area is 135 Å². The van der Waals surface area contributed by atoms with E-state index in [1.54, 1.807) is 11.9 Å². The van der Waals surface area contributed by atoms with E-state index in [0.717, 1.165) is 16.5 Å². The first kappa shape index (κ1) is 15.3. The second-order valence-corrected chi connectivity index (χ2v) is 5.54. The molecule has 2 aromatic carbocycles. The van der Waals surface area contributed by atoms with Gasteiger partial charge >= 0.3 is 0 Å². The fourth-order valence-corrected chi connectivity index (χ4v) is 2.47. The summed E-state index contributed by atoms with van der Waals surface area (Å²) in [6, 6.07) is 17.7. The number of nitrogens with one attached hydrogen (secondary N) is 1. The van der Waals surface area contributed by atoms with Gasteiger partial charge < -0.3 is 14.6 Å². The predicted molar refractivity (Wildman–Crippen MR) is 91.4 cm³/mol. The van der Waals surface area contributed by atoms with E-state index in [9.17, 15) is 4.79 Å². The first-order valence-corrected chi connectivity index (χ1v) is 7.68. The number of fused-ring (bicyclic) bond motifs is 1. The van der Waals surface area contributed by atoms with E-state index in [4.69, 9.17) is 4.74 Å². The number of aromatic nitrogens is 1. The Balaban J connectivity index is 1.51. The SMILES string of the molecule is CN(CCOCc1ccccc1)C(=O)c1ccc2cc[nH]c2c1. The lowest BCUT2D eigenvalue weighted by molar-refractivity contribution is 0.0671. The van der Waals surface area contributed by atoms with E-state index in [1.165, 1.54) is 0 Å². The molecule has 0 atom stereocenters. The molecule has 0 aliphatic rings. The standard InChI is InChI=1S/C19H20N2O2/c1-21(11-12-23-14-15-5-3-2-4-6-15)19(22)17-8-7-16-9-10-20-18(16)13-17/h2-10,13,20H,11-12,14H2,1H3. The molecule has 4 heteroatoms. The predicted octanol–water partition coefficient (Wildman–Crippen LogP) is 3.46. The van der Waals surface area contributed by atoms with E-state index >= 15 is 0 Å². The van der Waals surface area contributed by atoms with Gasteiger partial charge in [-0.15, -0.1) is 0 Å². The molecule has 0 radical (unpaired) electrons. The van der Waals surface area contributed by atoms with Gasteiger partial charge in [0.05, 0.1) is 13.2 Å². The third-order valence-corrected chi connectivity index (χ3v) is 3.83. The molecule has 0 saturated carbocycles. The van der Waals surface area contributed by atoms with Crippen molar-refractivity contribution < 1.29 is 9.53 Å². The van der Waals surface area contributed by atoms with Crippen LogP contribution in [0.25, 0.3) is 10.9 Å².